The van der Waals surface area contributed by atoms with Gasteiger partial charge < -0.3 is 14.7 Å². The first-order valence-electron chi connectivity index (χ1n) is 6.46. The van der Waals surface area contributed by atoms with Gasteiger partial charge in [-0.05, 0) is 48.7 Å². The van der Waals surface area contributed by atoms with Crippen molar-refractivity contribution in [3.8, 4) is 5.75 Å². The molecule has 5 heteroatoms. The molecule has 0 spiro atoms. The van der Waals surface area contributed by atoms with Gasteiger partial charge in [0, 0.05) is 19.4 Å². The van der Waals surface area contributed by atoms with Crippen LogP contribution in [0.5, 0.6) is 5.75 Å². The van der Waals surface area contributed by atoms with Gasteiger partial charge in [0.15, 0.2) is 0 Å². The number of methoxy groups -OCH3 is 1. The van der Waals surface area contributed by atoms with Gasteiger partial charge in [0.1, 0.15) is 12.5 Å². The third-order valence-corrected chi connectivity index (χ3v) is 4.20. The number of nitrogens with zero attached hydrogens (tertiary/aromatic N) is 1. The number of thioether (sulfide) groups is 1. The summed E-state index contributed by atoms with van der Waals surface area (Å²) in [5, 5.41) is 9.78. The Kier molecular flexibility index (Phi) is 4.73. The van der Waals surface area contributed by atoms with Gasteiger partial charge >= 0.3 is 0 Å². The SMILES string of the molecule is COCN1CCSC(=Cc2cc(C)c(O)c(C)c2)C1=O. The number of amides is 1. The van der Waals surface area contributed by atoms with E-state index in [0.29, 0.717) is 19.0 Å². The molecule has 0 bridgehead atoms. The van der Waals surface area contributed by atoms with Gasteiger partial charge in [0.05, 0.1) is 4.91 Å². The number of aromatic hydroxyl groups is 1. The molecule has 1 aromatic rings. The normalized spacial score (nSPS) is 17.9. The van der Waals surface area contributed by atoms with E-state index in [4.69, 9.17) is 4.74 Å². The first-order valence-corrected chi connectivity index (χ1v) is 7.44. The van der Waals surface area contributed by atoms with Gasteiger partial charge in [-0.15, -0.1) is 11.8 Å². The number of aryl methyl sites for hydroxylation is 2. The summed E-state index contributed by atoms with van der Waals surface area (Å²) in [5.74, 6) is 1.19. The summed E-state index contributed by atoms with van der Waals surface area (Å²) in [7, 11) is 1.59. The van der Waals surface area contributed by atoms with Gasteiger partial charge in [0.25, 0.3) is 5.91 Å². The number of hydrogen-bond acceptors (Lipinski definition) is 4. The van der Waals surface area contributed by atoms with Crippen LogP contribution in [-0.4, -0.2) is 42.1 Å². The average Bonchev–Trinajstić information content (AvgIpc) is 2.41. The number of rotatable bonds is 3. The van der Waals surface area contributed by atoms with E-state index in [1.807, 2.05) is 32.1 Å². The average molecular weight is 293 g/mol. The Morgan fingerprint density at radius 1 is 1.40 bits per heavy atom. The molecule has 1 aliphatic heterocycles. The second-order valence-corrected chi connectivity index (χ2v) is 5.98. The highest BCUT2D eigenvalue weighted by Crippen LogP contribution is 2.29. The molecular weight excluding hydrogens is 274 g/mol. The van der Waals surface area contributed by atoms with Gasteiger partial charge in [-0.3, -0.25) is 4.79 Å². The Labute approximate surface area is 123 Å². The lowest BCUT2D eigenvalue weighted by Gasteiger charge is -2.27. The molecule has 4 nitrogen and oxygen atoms in total. The molecule has 1 N–H and O–H groups in total. The van der Waals surface area contributed by atoms with Crippen LogP contribution in [0.25, 0.3) is 6.08 Å². The molecule has 0 aromatic heterocycles. The standard InChI is InChI=1S/C15H19NO3S/c1-10-6-12(7-11(2)14(10)17)8-13-15(18)16(9-19-3)4-5-20-13/h6-8,17H,4-5,9H2,1-3H3. The molecule has 0 saturated carbocycles. The Morgan fingerprint density at radius 3 is 2.65 bits per heavy atom. The Bertz CT molecular complexity index is 529. The van der Waals surface area contributed by atoms with Crippen molar-refractivity contribution in [2.24, 2.45) is 0 Å². The number of carbonyl (C=O) groups excluding carboxylic acids is 1. The van der Waals surface area contributed by atoms with Crippen molar-refractivity contribution in [3.05, 3.63) is 33.7 Å². The van der Waals surface area contributed by atoms with E-state index >= 15 is 0 Å². The third-order valence-electron chi connectivity index (χ3n) is 3.21. The molecule has 1 amide bonds. The number of ether oxygens (including phenoxy) is 1. The predicted molar refractivity (Wildman–Crippen MR) is 81.6 cm³/mol. The van der Waals surface area contributed by atoms with Crippen molar-refractivity contribution >= 4 is 23.7 Å². The second kappa shape index (κ2) is 6.33. The van der Waals surface area contributed by atoms with E-state index in [-0.39, 0.29) is 5.91 Å². The van der Waals surface area contributed by atoms with E-state index in [0.717, 1.165) is 27.3 Å². The van der Waals surface area contributed by atoms with Crippen LogP contribution in [0, 0.1) is 13.8 Å². The zero-order valence-corrected chi connectivity index (χ0v) is 12.8. The van der Waals surface area contributed by atoms with Gasteiger partial charge in [-0.25, -0.2) is 0 Å². The number of phenols is 1. The summed E-state index contributed by atoms with van der Waals surface area (Å²) < 4.78 is 5.04. The van der Waals surface area contributed by atoms with E-state index in [1.54, 1.807) is 23.8 Å². The van der Waals surface area contributed by atoms with Crippen LogP contribution in [0.1, 0.15) is 16.7 Å². The summed E-state index contributed by atoms with van der Waals surface area (Å²) in [5.41, 5.74) is 2.57. The molecule has 1 saturated heterocycles. The Morgan fingerprint density at radius 2 is 2.05 bits per heavy atom. The molecule has 1 heterocycles. The summed E-state index contributed by atoms with van der Waals surface area (Å²) >= 11 is 1.56. The topological polar surface area (TPSA) is 49.8 Å². The quantitative estimate of drug-likeness (QED) is 0.870. The molecular formula is C15H19NO3S. The van der Waals surface area contributed by atoms with Crippen LogP contribution in [0.2, 0.25) is 0 Å². The maximum atomic E-state index is 12.3. The minimum atomic E-state index is 0.00600. The second-order valence-electron chi connectivity index (χ2n) is 4.85. The van der Waals surface area contributed by atoms with Gasteiger partial charge in [-0.2, -0.15) is 0 Å². The predicted octanol–water partition coefficient (Wildman–Crippen LogP) is 2.53. The minimum absolute atomic E-state index is 0.00600. The monoisotopic (exact) mass is 293 g/mol. The van der Waals surface area contributed by atoms with E-state index in [1.165, 1.54) is 0 Å². The third kappa shape index (κ3) is 3.16. The van der Waals surface area contributed by atoms with Crippen LogP contribution in [0.15, 0.2) is 17.0 Å². The summed E-state index contributed by atoms with van der Waals surface area (Å²) in [4.78, 5) is 14.7. The lowest BCUT2D eigenvalue weighted by Crippen LogP contribution is -2.38. The smallest absolute Gasteiger partial charge is 0.262 e. The van der Waals surface area contributed by atoms with Crippen molar-refractivity contribution in [3.63, 3.8) is 0 Å². The highest BCUT2D eigenvalue weighted by molar-refractivity contribution is 8.04. The number of benzene rings is 1. The Hall–Kier alpha value is -1.46. The number of carbonyl (C=O) groups is 1. The van der Waals surface area contributed by atoms with E-state index in [9.17, 15) is 9.90 Å². The van der Waals surface area contributed by atoms with Crippen molar-refractivity contribution in [1.29, 1.82) is 0 Å². The maximum absolute atomic E-state index is 12.3. The summed E-state index contributed by atoms with van der Waals surface area (Å²) in [6.07, 6.45) is 1.88. The minimum Gasteiger partial charge on any atom is -0.507 e. The van der Waals surface area contributed by atoms with Crippen molar-refractivity contribution in [1.82, 2.24) is 4.90 Å². The molecule has 0 unspecified atom stereocenters. The molecule has 0 radical (unpaired) electrons. The molecule has 1 fully saturated rings. The van der Waals surface area contributed by atoms with Crippen LogP contribution in [-0.2, 0) is 9.53 Å². The molecule has 1 aliphatic rings. The number of hydrogen-bond donors (Lipinski definition) is 1. The van der Waals surface area contributed by atoms with Gasteiger partial charge in [0.2, 0.25) is 0 Å². The van der Waals surface area contributed by atoms with Crippen LogP contribution in [0.3, 0.4) is 0 Å². The molecule has 0 atom stereocenters. The first kappa shape index (κ1) is 14.9. The van der Waals surface area contributed by atoms with Crippen molar-refractivity contribution in [2.45, 2.75) is 13.8 Å². The molecule has 2 rings (SSSR count). The highest BCUT2D eigenvalue weighted by Gasteiger charge is 2.23. The lowest BCUT2D eigenvalue weighted by molar-refractivity contribution is -0.130. The molecule has 108 valence electrons. The fourth-order valence-corrected chi connectivity index (χ4v) is 3.20. The molecule has 0 aliphatic carbocycles. The largest absolute Gasteiger partial charge is 0.507 e. The highest BCUT2D eigenvalue weighted by atomic mass is 32.2. The van der Waals surface area contributed by atoms with Crippen LogP contribution in [0.4, 0.5) is 0 Å². The summed E-state index contributed by atoms with van der Waals surface area (Å²) in [6, 6.07) is 3.77. The first-order chi connectivity index (χ1) is 9.52. The zero-order valence-electron chi connectivity index (χ0n) is 12.0. The van der Waals surface area contributed by atoms with Crippen molar-refractivity contribution in [2.75, 3.05) is 26.1 Å². The van der Waals surface area contributed by atoms with Gasteiger partial charge in [-0.1, -0.05) is 0 Å². The Balaban J connectivity index is 2.28. The van der Waals surface area contributed by atoms with Crippen LogP contribution < -0.4 is 0 Å². The maximum Gasteiger partial charge on any atom is 0.262 e. The summed E-state index contributed by atoms with van der Waals surface area (Å²) in [6.45, 7) is 4.75. The fourth-order valence-electron chi connectivity index (χ4n) is 2.19. The van der Waals surface area contributed by atoms with Crippen molar-refractivity contribution < 1.29 is 14.6 Å². The van der Waals surface area contributed by atoms with Crippen LogP contribution >= 0.6 is 11.8 Å². The van der Waals surface area contributed by atoms with E-state index < -0.39 is 0 Å². The molecule has 20 heavy (non-hydrogen) atoms. The number of phenolic OH excluding ortho intramolecular Hbond substituents is 1. The lowest BCUT2D eigenvalue weighted by atomic mass is 10.1. The zero-order chi connectivity index (χ0) is 14.7. The fraction of sp³-hybridized carbons (Fsp3) is 0.400. The van der Waals surface area contributed by atoms with E-state index in [2.05, 4.69) is 0 Å². The molecule has 1 aromatic carbocycles.